The van der Waals surface area contributed by atoms with E-state index in [1.54, 1.807) is 11.9 Å². The lowest BCUT2D eigenvalue weighted by atomic mass is 10.1. The normalized spacial score (nSPS) is 19.1. The molecule has 1 aromatic rings. The third kappa shape index (κ3) is 6.90. The van der Waals surface area contributed by atoms with E-state index in [2.05, 4.69) is 15.6 Å². The molecule has 1 saturated carbocycles. The lowest BCUT2D eigenvalue weighted by Gasteiger charge is -2.25. The van der Waals surface area contributed by atoms with Crippen molar-refractivity contribution >= 4 is 35.8 Å². The van der Waals surface area contributed by atoms with Gasteiger partial charge in [0.1, 0.15) is 11.6 Å². The molecule has 1 fully saturated rings. The number of hydrogen-bond acceptors (Lipinski definition) is 2. The van der Waals surface area contributed by atoms with Gasteiger partial charge >= 0.3 is 0 Å². The first-order chi connectivity index (χ1) is 12.1. The average Bonchev–Trinajstić information content (AvgIpc) is 3.23. The quantitative estimate of drug-likeness (QED) is 0.376. The summed E-state index contributed by atoms with van der Waals surface area (Å²) in [6.07, 6.45) is 0.628. The fourth-order valence-corrected chi connectivity index (χ4v) is 2.88. The highest BCUT2D eigenvalue weighted by Gasteiger charge is 2.42. The van der Waals surface area contributed by atoms with Gasteiger partial charge in [0.25, 0.3) is 0 Å². The van der Waals surface area contributed by atoms with Crippen molar-refractivity contribution in [2.45, 2.75) is 51.6 Å². The summed E-state index contributed by atoms with van der Waals surface area (Å²) in [4.78, 5) is 18.2. The van der Waals surface area contributed by atoms with Gasteiger partial charge in [-0.1, -0.05) is 6.07 Å². The Labute approximate surface area is 177 Å². The van der Waals surface area contributed by atoms with Gasteiger partial charge < -0.3 is 15.5 Å². The molecule has 2 rings (SSSR count). The Kier molecular flexibility index (Phi) is 8.44. The zero-order valence-electron chi connectivity index (χ0n) is 16.5. The summed E-state index contributed by atoms with van der Waals surface area (Å²) < 4.78 is 27.9. The Balaban J connectivity index is 0.00000364. The number of aliphatic imine (C=N–C) groups is 1. The van der Waals surface area contributed by atoms with Crippen LogP contribution in [0.3, 0.4) is 0 Å². The summed E-state index contributed by atoms with van der Waals surface area (Å²) >= 11 is 0. The molecule has 0 spiro atoms. The maximum absolute atomic E-state index is 13.9. The van der Waals surface area contributed by atoms with Gasteiger partial charge in [-0.05, 0) is 46.2 Å². The molecule has 0 heterocycles. The highest BCUT2D eigenvalue weighted by molar-refractivity contribution is 14.0. The van der Waals surface area contributed by atoms with Crippen LogP contribution in [-0.4, -0.2) is 48.5 Å². The van der Waals surface area contributed by atoms with E-state index >= 15 is 0 Å². The Bertz CT molecular complexity index is 671. The molecule has 1 aliphatic carbocycles. The third-order valence-electron chi connectivity index (χ3n) is 4.04. The number of amides is 1. The molecule has 5 nitrogen and oxygen atoms in total. The minimum Gasteiger partial charge on any atom is -0.353 e. The van der Waals surface area contributed by atoms with Gasteiger partial charge in [-0.15, -0.1) is 24.0 Å². The average molecular weight is 494 g/mol. The first-order valence-corrected chi connectivity index (χ1v) is 8.89. The van der Waals surface area contributed by atoms with Crippen molar-refractivity contribution in [2.24, 2.45) is 4.99 Å². The molecule has 2 atom stereocenters. The van der Waals surface area contributed by atoms with E-state index in [0.29, 0.717) is 18.9 Å². The summed E-state index contributed by atoms with van der Waals surface area (Å²) in [6.45, 7) is 8.34. The van der Waals surface area contributed by atoms with Crippen molar-refractivity contribution in [3.63, 3.8) is 0 Å². The monoisotopic (exact) mass is 494 g/mol. The summed E-state index contributed by atoms with van der Waals surface area (Å²) in [5.74, 6) is -0.827. The topological polar surface area (TPSA) is 56.7 Å². The summed E-state index contributed by atoms with van der Waals surface area (Å²) in [5, 5.41) is 6.13. The van der Waals surface area contributed by atoms with E-state index in [0.717, 1.165) is 0 Å². The second-order valence-electron chi connectivity index (χ2n) is 7.68. The van der Waals surface area contributed by atoms with Crippen LogP contribution in [-0.2, 0) is 4.79 Å². The molecule has 0 aliphatic heterocycles. The lowest BCUT2D eigenvalue weighted by molar-refractivity contribution is -0.122. The standard InChI is InChI=1S/C19H28F2N4O.HI/c1-6-22-18(25(5)11-16(26)24-19(2,3)4)23-15-10-12(15)17-13(20)8-7-9-14(17)21;/h7-9,12,15H,6,10-11H2,1-5H3,(H,22,23)(H,24,26);1H. The molecule has 0 radical (unpaired) electrons. The Morgan fingerprint density at radius 1 is 1.30 bits per heavy atom. The van der Waals surface area contributed by atoms with Gasteiger partial charge in [0.05, 0.1) is 6.54 Å². The van der Waals surface area contributed by atoms with E-state index in [1.165, 1.54) is 18.2 Å². The predicted octanol–water partition coefficient (Wildman–Crippen LogP) is 3.25. The number of guanidine groups is 1. The van der Waals surface area contributed by atoms with Crippen molar-refractivity contribution < 1.29 is 13.6 Å². The molecule has 1 aliphatic rings. The first kappa shape index (κ1) is 23.6. The molecular formula is C19H29F2IN4O. The molecule has 2 N–H and O–H groups in total. The largest absolute Gasteiger partial charge is 0.353 e. The van der Waals surface area contributed by atoms with Crippen LogP contribution in [0, 0.1) is 11.6 Å². The van der Waals surface area contributed by atoms with E-state index in [1.807, 2.05) is 27.7 Å². The lowest BCUT2D eigenvalue weighted by Crippen LogP contribution is -2.49. The number of carbonyl (C=O) groups excluding carboxylic acids is 1. The number of carbonyl (C=O) groups is 1. The highest BCUT2D eigenvalue weighted by Crippen LogP contribution is 2.43. The molecule has 1 amide bonds. The number of nitrogens with zero attached hydrogens (tertiary/aromatic N) is 2. The van der Waals surface area contributed by atoms with Crippen LogP contribution in [0.1, 0.15) is 45.6 Å². The van der Waals surface area contributed by atoms with Crippen molar-refractivity contribution in [1.29, 1.82) is 0 Å². The molecule has 0 bridgehead atoms. The Morgan fingerprint density at radius 3 is 2.41 bits per heavy atom. The van der Waals surface area contributed by atoms with Crippen molar-refractivity contribution in [3.05, 3.63) is 35.4 Å². The van der Waals surface area contributed by atoms with Crippen molar-refractivity contribution in [1.82, 2.24) is 15.5 Å². The number of benzene rings is 1. The highest BCUT2D eigenvalue weighted by atomic mass is 127. The molecule has 27 heavy (non-hydrogen) atoms. The Morgan fingerprint density at radius 2 is 1.89 bits per heavy atom. The van der Waals surface area contributed by atoms with Gasteiger partial charge in [0.15, 0.2) is 5.96 Å². The van der Waals surface area contributed by atoms with Gasteiger partial charge in [-0.25, -0.2) is 8.78 Å². The zero-order valence-corrected chi connectivity index (χ0v) is 18.8. The fourth-order valence-electron chi connectivity index (χ4n) is 2.88. The van der Waals surface area contributed by atoms with Gasteiger partial charge in [-0.2, -0.15) is 0 Å². The van der Waals surface area contributed by atoms with Gasteiger partial charge in [0.2, 0.25) is 5.91 Å². The number of halogens is 3. The number of hydrogen-bond donors (Lipinski definition) is 2. The summed E-state index contributed by atoms with van der Waals surface area (Å²) in [6, 6.07) is 3.82. The van der Waals surface area contributed by atoms with Crippen LogP contribution in [0.25, 0.3) is 0 Å². The zero-order chi connectivity index (χ0) is 19.5. The molecule has 0 saturated heterocycles. The van der Waals surface area contributed by atoms with Crippen LogP contribution >= 0.6 is 24.0 Å². The third-order valence-corrected chi connectivity index (χ3v) is 4.04. The maximum atomic E-state index is 13.9. The molecule has 152 valence electrons. The summed E-state index contributed by atoms with van der Waals surface area (Å²) in [7, 11) is 1.77. The van der Waals surface area contributed by atoms with E-state index in [-0.39, 0.29) is 59.5 Å². The van der Waals surface area contributed by atoms with Crippen LogP contribution in [0.4, 0.5) is 8.78 Å². The Hall–Kier alpha value is -1.45. The van der Waals surface area contributed by atoms with E-state index in [9.17, 15) is 13.6 Å². The molecule has 1 aromatic carbocycles. The predicted molar refractivity (Wildman–Crippen MR) is 115 cm³/mol. The van der Waals surface area contributed by atoms with Crippen LogP contribution in [0.15, 0.2) is 23.2 Å². The fraction of sp³-hybridized carbons (Fsp3) is 0.579. The van der Waals surface area contributed by atoms with Crippen LogP contribution in [0.2, 0.25) is 0 Å². The van der Waals surface area contributed by atoms with Gasteiger partial charge in [-0.3, -0.25) is 9.79 Å². The summed E-state index contributed by atoms with van der Waals surface area (Å²) in [5.41, 5.74) is -0.189. The van der Waals surface area contributed by atoms with Crippen LogP contribution < -0.4 is 10.6 Å². The minimum absolute atomic E-state index is 0. The van der Waals surface area contributed by atoms with Crippen molar-refractivity contribution in [3.8, 4) is 0 Å². The molecule has 8 heteroatoms. The number of rotatable bonds is 5. The second-order valence-corrected chi connectivity index (χ2v) is 7.68. The first-order valence-electron chi connectivity index (χ1n) is 8.89. The van der Waals surface area contributed by atoms with E-state index in [4.69, 9.17) is 0 Å². The SMILES string of the molecule is CCN=C(NC1CC1c1c(F)cccc1F)N(C)CC(=O)NC(C)(C)C.I. The molecular weight excluding hydrogens is 465 g/mol. The maximum Gasteiger partial charge on any atom is 0.240 e. The van der Waals surface area contributed by atoms with Gasteiger partial charge in [0, 0.05) is 36.7 Å². The van der Waals surface area contributed by atoms with Crippen LogP contribution in [0.5, 0.6) is 0 Å². The molecule has 2 unspecified atom stereocenters. The number of likely N-dealkylation sites (N-methyl/N-ethyl adjacent to an activating group) is 1. The minimum atomic E-state index is -0.522. The number of nitrogens with one attached hydrogen (secondary N) is 2. The van der Waals surface area contributed by atoms with Crippen molar-refractivity contribution in [2.75, 3.05) is 20.1 Å². The smallest absolute Gasteiger partial charge is 0.240 e. The second kappa shape index (κ2) is 9.66. The van der Waals surface area contributed by atoms with E-state index < -0.39 is 11.6 Å². The molecule has 0 aromatic heterocycles.